The van der Waals surface area contributed by atoms with Crippen LogP contribution in [0.25, 0.3) is 0 Å². The van der Waals surface area contributed by atoms with E-state index < -0.39 is 0 Å². The monoisotopic (exact) mass is 218 g/mol. The predicted octanol–water partition coefficient (Wildman–Crippen LogP) is 1.64. The standard InChI is InChI=1S/C13H18N2O/c1-3-9-14-10-13(16)15-11(2)12-7-5-4-6-8-12/h3-8,11,14H,1,9-10H2,2H3,(H,15,16)/t11-/m0/s1. The summed E-state index contributed by atoms with van der Waals surface area (Å²) >= 11 is 0. The van der Waals surface area contributed by atoms with Crippen LogP contribution >= 0.6 is 0 Å². The lowest BCUT2D eigenvalue weighted by Crippen LogP contribution is -2.35. The van der Waals surface area contributed by atoms with Gasteiger partial charge < -0.3 is 10.6 Å². The van der Waals surface area contributed by atoms with Crippen molar-refractivity contribution < 1.29 is 4.79 Å². The van der Waals surface area contributed by atoms with Crippen LogP contribution in [0, 0.1) is 0 Å². The molecule has 2 N–H and O–H groups in total. The molecule has 16 heavy (non-hydrogen) atoms. The minimum Gasteiger partial charge on any atom is -0.348 e. The van der Waals surface area contributed by atoms with Crippen LogP contribution in [0.2, 0.25) is 0 Å². The Morgan fingerprint density at radius 3 is 2.75 bits per heavy atom. The first-order valence-corrected chi connectivity index (χ1v) is 5.40. The fourth-order valence-corrected chi connectivity index (χ4v) is 1.41. The number of hydrogen-bond donors (Lipinski definition) is 2. The van der Waals surface area contributed by atoms with E-state index in [0.717, 1.165) is 5.56 Å². The van der Waals surface area contributed by atoms with E-state index in [4.69, 9.17) is 0 Å². The zero-order valence-corrected chi connectivity index (χ0v) is 9.57. The minimum absolute atomic E-state index is 0.00166. The Balaban J connectivity index is 2.36. The third-order valence-corrected chi connectivity index (χ3v) is 2.25. The Hall–Kier alpha value is -1.61. The lowest BCUT2D eigenvalue weighted by atomic mass is 10.1. The zero-order chi connectivity index (χ0) is 11.8. The molecule has 0 fully saturated rings. The van der Waals surface area contributed by atoms with Crippen LogP contribution in [-0.2, 0) is 4.79 Å². The van der Waals surface area contributed by atoms with Crippen molar-refractivity contribution in [3.63, 3.8) is 0 Å². The highest BCUT2D eigenvalue weighted by molar-refractivity contribution is 5.78. The topological polar surface area (TPSA) is 41.1 Å². The Morgan fingerprint density at radius 1 is 1.44 bits per heavy atom. The molecule has 0 heterocycles. The highest BCUT2D eigenvalue weighted by Crippen LogP contribution is 2.10. The SMILES string of the molecule is C=CCNCC(=O)N[C@@H](C)c1ccccc1. The average molecular weight is 218 g/mol. The van der Waals surface area contributed by atoms with E-state index in [1.807, 2.05) is 37.3 Å². The van der Waals surface area contributed by atoms with E-state index in [9.17, 15) is 4.79 Å². The normalized spacial score (nSPS) is 11.8. The largest absolute Gasteiger partial charge is 0.348 e. The van der Waals surface area contributed by atoms with Crippen molar-refractivity contribution in [1.82, 2.24) is 10.6 Å². The summed E-state index contributed by atoms with van der Waals surface area (Å²) in [5, 5.41) is 5.88. The Bertz CT molecular complexity index is 335. The van der Waals surface area contributed by atoms with Gasteiger partial charge in [-0.2, -0.15) is 0 Å². The summed E-state index contributed by atoms with van der Waals surface area (Å²) in [5.74, 6) is -0.00166. The maximum atomic E-state index is 11.5. The summed E-state index contributed by atoms with van der Waals surface area (Å²) in [6.07, 6.45) is 1.73. The molecule has 0 spiro atoms. The number of carbonyl (C=O) groups excluding carboxylic acids is 1. The quantitative estimate of drug-likeness (QED) is 0.563. The highest BCUT2D eigenvalue weighted by atomic mass is 16.1. The van der Waals surface area contributed by atoms with Crippen LogP contribution in [0.3, 0.4) is 0 Å². The van der Waals surface area contributed by atoms with Gasteiger partial charge in [-0.1, -0.05) is 36.4 Å². The molecule has 0 aromatic heterocycles. The third kappa shape index (κ3) is 4.28. The van der Waals surface area contributed by atoms with Crippen LogP contribution in [-0.4, -0.2) is 19.0 Å². The molecule has 1 amide bonds. The average Bonchev–Trinajstić information content (AvgIpc) is 2.30. The van der Waals surface area contributed by atoms with E-state index >= 15 is 0 Å². The Morgan fingerprint density at radius 2 is 2.12 bits per heavy atom. The minimum atomic E-state index is -0.00166. The first-order chi connectivity index (χ1) is 7.74. The van der Waals surface area contributed by atoms with E-state index in [-0.39, 0.29) is 11.9 Å². The highest BCUT2D eigenvalue weighted by Gasteiger charge is 2.07. The first kappa shape index (κ1) is 12.5. The molecule has 0 aliphatic rings. The summed E-state index contributed by atoms with van der Waals surface area (Å²) in [5.41, 5.74) is 1.11. The molecule has 0 saturated carbocycles. The molecule has 0 radical (unpaired) electrons. The van der Waals surface area contributed by atoms with Gasteiger partial charge in [-0.3, -0.25) is 4.79 Å². The molecule has 0 aliphatic heterocycles. The fraction of sp³-hybridized carbons (Fsp3) is 0.308. The van der Waals surface area contributed by atoms with E-state index in [2.05, 4.69) is 17.2 Å². The molecular formula is C13H18N2O. The second-order valence-electron chi connectivity index (χ2n) is 3.62. The number of rotatable bonds is 6. The third-order valence-electron chi connectivity index (χ3n) is 2.25. The van der Waals surface area contributed by atoms with Crippen molar-refractivity contribution in [3.8, 4) is 0 Å². The van der Waals surface area contributed by atoms with Gasteiger partial charge in [-0.15, -0.1) is 6.58 Å². The zero-order valence-electron chi connectivity index (χ0n) is 9.57. The van der Waals surface area contributed by atoms with Crippen LogP contribution in [0.4, 0.5) is 0 Å². The molecule has 1 atom stereocenters. The number of nitrogens with one attached hydrogen (secondary N) is 2. The van der Waals surface area contributed by atoms with Crippen LogP contribution in [0.5, 0.6) is 0 Å². The van der Waals surface area contributed by atoms with Crippen LogP contribution in [0.15, 0.2) is 43.0 Å². The number of benzene rings is 1. The van der Waals surface area contributed by atoms with Crippen LogP contribution in [0.1, 0.15) is 18.5 Å². The molecule has 3 nitrogen and oxygen atoms in total. The number of hydrogen-bond acceptors (Lipinski definition) is 2. The lowest BCUT2D eigenvalue weighted by Gasteiger charge is -2.14. The Kier molecular flexibility index (Phi) is 5.29. The van der Waals surface area contributed by atoms with Crippen molar-refractivity contribution in [2.75, 3.05) is 13.1 Å². The van der Waals surface area contributed by atoms with Gasteiger partial charge in [0, 0.05) is 6.54 Å². The van der Waals surface area contributed by atoms with Gasteiger partial charge in [0.05, 0.1) is 12.6 Å². The maximum Gasteiger partial charge on any atom is 0.234 e. The van der Waals surface area contributed by atoms with Gasteiger partial charge in [-0.05, 0) is 12.5 Å². The molecule has 1 rings (SSSR count). The van der Waals surface area contributed by atoms with Gasteiger partial charge in [0.25, 0.3) is 0 Å². The van der Waals surface area contributed by atoms with Crippen LogP contribution < -0.4 is 10.6 Å². The summed E-state index contributed by atoms with van der Waals surface area (Å²) in [4.78, 5) is 11.5. The lowest BCUT2D eigenvalue weighted by molar-refractivity contribution is -0.120. The number of amides is 1. The van der Waals surface area contributed by atoms with Crippen molar-refractivity contribution in [2.45, 2.75) is 13.0 Å². The van der Waals surface area contributed by atoms with E-state index in [1.165, 1.54) is 0 Å². The fourth-order valence-electron chi connectivity index (χ4n) is 1.41. The van der Waals surface area contributed by atoms with Gasteiger partial charge >= 0.3 is 0 Å². The summed E-state index contributed by atoms with van der Waals surface area (Å²) in [7, 11) is 0. The second kappa shape index (κ2) is 6.80. The van der Waals surface area contributed by atoms with E-state index in [0.29, 0.717) is 13.1 Å². The molecule has 1 aromatic carbocycles. The molecule has 86 valence electrons. The Labute approximate surface area is 96.6 Å². The molecule has 1 aromatic rings. The summed E-state index contributed by atoms with van der Waals surface area (Å²) in [6, 6.07) is 9.94. The molecule has 3 heteroatoms. The van der Waals surface area contributed by atoms with E-state index in [1.54, 1.807) is 6.08 Å². The molecule has 0 unspecified atom stereocenters. The van der Waals surface area contributed by atoms with Gasteiger partial charge in [0.15, 0.2) is 0 Å². The van der Waals surface area contributed by atoms with Gasteiger partial charge in [0.2, 0.25) is 5.91 Å². The van der Waals surface area contributed by atoms with Gasteiger partial charge in [0.1, 0.15) is 0 Å². The molecule has 0 bridgehead atoms. The van der Waals surface area contributed by atoms with Crippen molar-refractivity contribution in [1.29, 1.82) is 0 Å². The molecular weight excluding hydrogens is 200 g/mol. The molecule has 0 aliphatic carbocycles. The molecule has 0 saturated heterocycles. The second-order valence-corrected chi connectivity index (χ2v) is 3.62. The predicted molar refractivity (Wildman–Crippen MR) is 66.1 cm³/mol. The smallest absolute Gasteiger partial charge is 0.234 e. The summed E-state index contributed by atoms with van der Waals surface area (Å²) < 4.78 is 0. The van der Waals surface area contributed by atoms with Crippen molar-refractivity contribution in [2.24, 2.45) is 0 Å². The summed E-state index contributed by atoms with van der Waals surface area (Å²) in [6.45, 7) is 6.51. The number of carbonyl (C=O) groups is 1. The van der Waals surface area contributed by atoms with Crippen molar-refractivity contribution >= 4 is 5.91 Å². The van der Waals surface area contributed by atoms with Crippen molar-refractivity contribution in [3.05, 3.63) is 48.6 Å². The van der Waals surface area contributed by atoms with Gasteiger partial charge in [-0.25, -0.2) is 0 Å². The first-order valence-electron chi connectivity index (χ1n) is 5.40. The maximum absolute atomic E-state index is 11.5.